The van der Waals surface area contributed by atoms with E-state index in [1.54, 1.807) is 9.80 Å². The number of imidazole rings is 2. The Labute approximate surface area is 302 Å². The lowest BCUT2D eigenvalue weighted by Crippen LogP contribution is -2.51. The molecule has 14 heteroatoms. The van der Waals surface area contributed by atoms with Crippen LogP contribution in [0.4, 0.5) is 9.59 Å². The van der Waals surface area contributed by atoms with Crippen molar-refractivity contribution in [2.45, 2.75) is 77.5 Å². The van der Waals surface area contributed by atoms with Crippen LogP contribution in [0, 0.1) is 23.7 Å². The first kappa shape index (κ1) is 36.2. The van der Waals surface area contributed by atoms with Crippen LogP contribution >= 0.6 is 0 Å². The minimum Gasteiger partial charge on any atom is -0.453 e. The molecule has 14 nitrogen and oxygen atoms in total. The number of hydrogen-bond donors (Lipinski definition) is 4. The van der Waals surface area contributed by atoms with Crippen LogP contribution in [0.3, 0.4) is 0 Å². The summed E-state index contributed by atoms with van der Waals surface area (Å²) in [5.41, 5.74) is 4.80. The van der Waals surface area contributed by atoms with Gasteiger partial charge in [-0.25, -0.2) is 19.6 Å². The van der Waals surface area contributed by atoms with E-state index < -0.39 is 24.3 Å². The molecule has 0 aliphatic carbocycles. The summed E-state index contributed by atoms with van der Waals surface area (Å²) in [6, 6.07) is 9.71. The fourth-order valence-electron chi connectivity index (χ4n) is 7.06. The maximum Gasteiger partial charge on any atom is 0.407 e. The van der Waals surface area contributed by atoms with E-state index in [2.05, 4.69) is 32.4 Å². The fourth-order valence-corrected chi connectivity index (χ4v) is 7.06. The zero-order valence-corrected chi connectivity index (χ0v) is 30.4. The Morgan fingerprint density at radius 3 is 1.48 bits per heavy atom. The molecule has 4 unspecified atom stereocenters. The Morgan fingerprint density at radius 1 is 0.712 bits per heavy atom. The van der Waals surface area contributed by atoms with Crippen molar-refractivity contribution < 1.29 is 28.7 Å². The Morgan fingerprint density at radius 2 is 1.12 bits per heavy atom. The van der Waals surface area contributed by atoms with Crippen molar-refractivity contribution >= 4 is 46.1 Å². The van der Waals surface area contributed by atoms with Gasteiger partial charge < -0.3 is 39.9 Å². The number of fused-ring (bicyclic) bond motifs is 2. The zero-order valence-electron chi connectivity index (χ0n) is 30.4. The molecule has 2 aliphatic heterocycles. The molecule has 274 valence electrons. The summed E-state index contributed by atoms with van der Waals surface area (Å²) in [6.07, 6.45) is 1.92. The third-order valence-corrected chi connectivity index (χ3v) is 9.84. The molecule has 0 radical (unpaired) electrons. The first-order chi connectivity index (χ1) is 25.0. The normalized spacial score (nSPS) is 18.4. The average molecular weight is 711 g/mol. The van der Waals surface area contributed by atoms with Crippen LogP contribution < -0.4 is 10.6 Å². The maximum absolute atomic E-state index is 13.5. The number of aromatic amines is 2. The fraction of sp³-hybridized carbons (Fsp3) is 0.474. The smallest absolute Gasteiger partial charge is 0.407 e. The van der Waals surface area contributed by atoms with Crippen LogP contribution in [0.25, 0.3) is 22.1 Å². The second kappa shape index (κ2) is 15.3. The minimum absolute atomic E-state index is 0.116. The number of nitrogens with one attached hydrogen (secondary N) is 4. The molecule has 6 rings (SSSR count). The van der Waals surface area contributed by atoms with E-state index >= 15 is 0 Å². The number of ether oxygens (including phenoxy) is 2. The first-order valence-electron chi connectivity index (χ1n) is 17.8. The van der Waals surface area contributed by atoms with Gasteiger partial charge >= 0.3 is 12.2 Å². The van der Waals surface area contributed by atoms with E-state index in [9.17, 15) is 19.2 Å². The topological polar surface area (TPSA) is 175 Å². The van der Waals surface area contributed by atoms with Crippen LogP contribution in [-0.2, 0) is 19.1 Å². The molecule has 4 atom stereocenters. The number of H-pyrrole nitrogens is 2. The summed E-state index contributed by atoms with van der Waals surface area (Å²) in [4.78, 5) is 71.0. The van der Waals surface area contributed by atoms with Gasteiger partial charge in [0, 0.05) is 24.2 Å². The van der Waals surface area contributed by atoms with Crippen molar-refractivity contribution in [2.24, 2.45) is 11.8 Å². The van der Waals surface area contributed by atoms with Crippen molar-refractivity contribution in [3.8, 4) is 11.8 Å². The summed E-state index contributed by atoms with van der Waals surface area (Å²) in [5.74, 6) is 7.38. The van der Waals surface area contributed by atoms with Gasteiger partial charge in [-0.15, -0.1) is 0 Å². The van der Waals surface area contributed by atoms with Crippen molar-refractivity contribution in [3.05, 3.63) is 59.2 Å². The molecule has 4 amide bonds. The first-order valence-corrected chi connectivity index (χ1v) is 17.8. The summed E-state index contributed by atoms with van der Waals surface area (Å²) >= 11 is 0. The van der Waals surface area contributed by atoms with E-state index in [-0.39, 0.29) is 35.7 Å². The number of aromatic nitrogens is 4. The lowest BCUT2D eigenvalue weighted by Gasteiger charge is -2.29. The number of rotatable bonds is 8. The van der Waals surface area contributed by atoms with Crippen LogP contribution in [0.15, 0.2) is 36.4 Å². The summed E-state index contributed by atoms with van der Waals surface area (Å²) < 4.78 is 9.50. The quantitative estimate of drug-likeness (QED) is 0.186. The van der Waals surface area contributed by atoms with E-state index in [1.807, 2.05) is 64.1 Å². The minimum atomic E-state index is -0.701. The highest BCUT2D eigenvalue weighted by Crippen LogP contribution is 2.34. The van der Waals surface area contributed by atoms with Crippen molar-refractivity contribution in [1.29, 1.82) is 0 Å². The number of benzene rings is 2. The third-order valence-electron chi connectivity index (χ3n) is 9.84. The molecular formula is C38H46N8O6. The Bertz CT molecular complexity index is 1900. The number of carbonyl (C=O) groups excluding carboxylic acids is 4. The predicted octanol–water partition coefficient (Wildman–Crippen LogP) is 4.93. The largest absolute Gasteiger partial charge is 0.453 e. The Hall–Kier alpha value is -5.58. The van der Waals surface area contributed by atoms with Gasteiger partial charge in [-0.3, -0.25) is 9.59 Å². The molecule has 4 heterocycles. The second-order valence-electron chi connectivity index (χ2n) is 14.1. The SMILES string of the molecule is COC(=O)NC(C(=O)N1CCCC1c1nc2ccc(C#Cc3ccc4nc(C5CCCN5C(=O)C(NC(=O)OC)C(C)C)[nH]c4c3)cc2[nH]1)C(C)C. The molecular weight excluding hydrogens is 664 g/mol. The van der Waals surface area contributed by atoms with Crippen LogP contribution in [0.2, 0.25) is 0 Å². The molecule has 2 fully saturated rings. The van der Waals surface area contributed by atoms with Gasteiger partial charge in [-0.1, -0.05) is 39.5 Å². The highest BCUT2D eigenvalue weighted by Gasteiger charge is 2.39. The average Bonchev–Trinajstić information content (AvgIpc) is 3.95. The number of hydrogen-bond acceptors (Lipinski definition) is 8. The molecule has 52 heavy (non-hydrogen) atoms. The molecule has 4 aromatic rings. The van der Waals surface area contributed by atoms with Crippen LogP contribution in [0.1, 0.15) is 88.2 Å². The van der Waals surface area contributed by atoms with E-state index in [1.165, 1.54) is 14.2 Å². The molecule has 0 saturated carbocycles. The number of alkyl carbamates (subject to hydrolysis) is 2. The number of likely N-dealkylation sites (tertiary alicyclic amines) is 2. The van der Waals surface area contributed by atoms with Gasteiger partial charge in [0.05, 0.1) is 48.4 Å². The van der Waals surface area contributed by atoms with Gasteiger partial charge in [0.2, 0.25) is 11.8 Å². The van der Waals surface area contributed by atoms with Gasteiger partial charge in [0.15, 0.2) is 0 Å². The number of nitrogens with zero attached hydrogens (tertiary/aromatic N) is 4. The Kier molecular flexibility index (Phi) is 10.7. The summed E-state index contributed by atoms with van der Waals surface area (Å²) in [6.45, 7) is 8.73. The predicted molar refractivity (Wildman–Crippen MR) is 194 cm³/mol. The second-order valence-corrected chi connectivity index (χ2v) is 14.1. The van der Waals surface area contributed by atoms with Gasteiger partial charge in [-0.2, -0.15) is 0 Å². The maximum atomic E-state index is 13.5. The van der Waals surface area contributed by atoms with Crippen molar-refractivity contribution in [2.75, 3.05) is 27.3 Å². The molecule has 0 bridgehead atoms. The van der Waals surface area contributed by atoms with Crippen LogP contribution in [-0.4, -0.2) is 93.1 Å². The lowest BCUT2D eigenvalue weighted by molar-refractivity contribution is -0.136. The Balaban J connectivity index is 1.17. The lowest BCUT2D eigenvalue weighted by atomic mass is 10.0. The van der Waals surface area contributed by atoms with Gasteiger partial charge in [0.25, 0.3) is 0 Å². The van der Waals surface area contributed by atoms with Crippen LogP contribution in [0.5, 0.6) is 0 Å². The van der Waals surface area contributed by atoms with Crippen molar-refractivity contribution in [3.63, 3.8) is 0 Å². The highest BCUT2D eigenvalue weighted by atomic mass is 16.5. The summed E-state index contributed by atoms with van der Waals surface area (Å²) in [7, 11) is 2.57. The zero-order chi connectivity index (χ0) is 37.1. The molecule has 2 aromatic carbocycles. The van der Waals surface area contributed by atoms with E-state index in [4.69, 9.17) is 19.4 Å². The summed E-state index contributed by atoms with van der Waals surface area (Å²) in [5, 5.41) is 5.37. The van der Waals surface area contributed by atoms with Crippen molar-refractivity contribution in [1.82, 2.24) is 40.4 Å². The third kappa shape index (κ3) is 7.54. The van der Waals surface area contributed by atoms with E-state index in [0.29, 0.717) is 24.7 Å². The molecule has 2 saturated heterocycles. The van der Waals surface area contributed by atoms with E-state index in [0.717, 1.165) is 58.9 Å². The number of methoxy groups -OCH3 is 2. The van der Waals surface area contributed by atoms with Gasteiger partial charge in [-0.05, 0) is 73.9 Å². The van der Waals surface area contributed by atoms with Gasteiger partial charge in [0.1, 0.15) is 23.7 Å². The molecule has 4 N–H and O–H groups in total. The molecule has 2 aliphatic rings. The molecule has 0 spiro atoms. The standard InChI is InChI=1S/C38H46N8O6/c1-21(2)31(43-37(49)51-5)35(47)45-17-7-9-29(45)33-39-25-15-13-23(19-27(25)41-33)11-12-24-14-16-26-28(20-24)42-34(40-26)30-10-8-18-46(30)36(48)32(22(3)4)44-38(50)52-6/h13-16,19-22,29-32H,7-10,17-18H2,1-6H3,(H,39,41)(H,40,42)(H,43,49)(H,44,50). The number of carbonyl (C=O) groups is 4. The monoisotopic (exact) mass is 710 g/mol. The highest BCUT2D eigenvalue weighted by molar-refractivity contribution is 5.87. The number of amides is 4. The molecule has 2 aromatic heterocycles.